The summed E-state index contributed by atoms with van der Waals surface area (Å²) in [6.45, 7) is -0.138. The molecule has 0 aromatic heterocycles. The Kier molecular flexibility index (Phi) is 5.28. The zero-order valence-corrected chi connectivity index (χ0v) is 14.7. The predicted octanol–water partition coefficient (Wildman–Crippen LogP) is 1.94. The number of oxime groups is 1. The summed E-state index contributed by atoms with van der Waals surface area (Å²) < 4.78 is 4.72. The maximum atomic E-state index is 12.4. The summed E-state index contributed by atoms with van der Waals surface area (Å²) in [7, 11) is 2.53. The molecular weight excluding hydrogens is 352 g/mol. The van der Waals surface area contributed by atoms with E-state index in [1.165, 1.54) is 14.2 Å². The van der Waals surface area contributed by atoms with Crippen LogP contribution in [0.25, 0.3) is 0 Å². The van der Waals surface area contributed by atoms with Crippen molar-refractivity contribution >= 4 is 23.5 Å². The first-order chi connectivity index (χ1) is 13.1. The molecule has 8 nitrogen and oxygen atoms in total. The van der Waals surface area contributed by atoms with Crippen LogP contribution in [-0.2, 0) is 25.8 Å². The fourth-order valence-electron chi connectivity index (χ4n) is 2.68. The second-order valence-electron chi connectivity index (χ2n) is 5.49. The molecule has 1 aliphatic heterocycles. The molecule has 2 amide bonds. The number of nitrogens with zero attached hydrogens (tertiary/aromatic N) is 2. The van der Waals surface area contributed by atoms with Crippen LogP contribution >= 0.6 is 0 Å². The summed E-state index contributed by atoms with van der Waals surface area (Å²) >= 11 is 0. The first kappa shape index (κ1) is 18.3. The van der Waals surface area contributed by atoms with Crippen LogP contribution in [0, 0.1) is 0 Å². The summed E-state index contributed by atoms with van der Waals surface area (Å²) in [4.78, 5) is 46.9. The molecule has 0 unspecified atom stereocenters. The lowest BCUT2D eigenvalue weighted by Crippen LogP contribution is -2.30. The molecule has 0 spiro atoms. The number of amides is 2. The van der Waals surface area contributed by atoms with Gasteiger partial charge in [-0.15, -0.1) is 5.06 Å². The van der Waals surface area contributed by atoms with E-state index in [0.717, 1.165) is 0 Å². The number of hydrogen-bond donors (Lipinski definition) is 0. The van der Waals surface area contributed by atoms with Crippen molar-refractivity contribution in [2.75, 3.05) is 14.2 Å². The fraction of sp³-hybridized carbons (Fsp3) is 0.158. The van der Waals surface area contributed by atoms with Crippen LogP contribution in [0.4, 0.5) is 0 Å². The molecule has 0 radical (unpaired) electrons. The van der Waals surface area contributed by atoms with Gasteiger partial charge in [-0.05, 0) is 17.7 Å². The quantitative estimate of drug-likeness (QED) is 0.335. The molecule has 8 heteroatoms. The van der Waals surface area contributed by atoms with E-state index in [1.807, 2.05) is 0 Å². The Morgan fingerprint density at radius 2 is 1.56 bits per heavy atom. The number of fused-ring (bicyclic) bond motifs is 1. The molecule has 2 aromatic rings. The summed E-state index contributed by atoms with van der Waals surface area (Å²) in [5.74, 6) is -1.76. The number of carbonyl (C=O) groups excluding carboxylic acids is 3. The third kappa shape index (κ3) is 3.42. The van der Waals surface area contributed by atoms with Gasteiger partial charge < -0.3 is 9.57 Å². The molecule has 1 aliphatic rings. The summed E-state index contributed by atoms with van der Waals surface area (Å²) in [6, 6.07) is 13.2. The van der Waals surface area contributed by atoms with Gasteiger partial charge in [-0.3, -0.25) is 14.4 Å². The van der Waals surface area contributed by atoms with Crippen LogP contribution in [0.15, 0.2) is 53.7 Å². The van der Waals surface area contributed by atoms with E-state index < -0.39 is 17.8 Å². The number of imide groups is 1. The van der Waals surface area contributed by atoms with E-state index in [4.69, 9.17) is 14.4 Å². The lowest BCUT2D eigenvalue weighted by molar-refractivity contribution is -0.132. The second-order valence-corrected chi connectivity index (χ2v) is 5.49. The largest absolute Gasteiger partial charge is 0.464 e. The van der Waals surface area contributed by atoms with Gasteiger partial charge in [0.25, 0.3) is 11.8 Å². The minimum Gasteiger partial charge on any atom is -0.464 e. The number of benzene rings is 2. The average Bonchev–Trinajstić information content (AvgIpc) is 2.95. The third-order valence-corrected chi connectivity index (χ3v) is 3.94. The van der Waals surface area contributed by atoms with Gasteiger partial charge >= 0.3 is 5.97 Å². The molecule has 0 bridgehead atoms. The maximum Gasteiger partial charge on any atom is 0.360 e. The van der Waals surface area contributed by atoms with Gasteiger partial charge in [-0.1, -0.05) is 41.6 Å². The van der Waals surface area contributed by atoms with Gasteiger partial charge in [-0.25, -0.2) is 4.79 Å². The molecule has 3 rings (SSSR count). The molecule has 0 saturated heterocycles. The Labute approximate surface area is 154 Å². The SMILES string of the molecule is CO/N=C(/C(=O)OC)c1ccccc1CON1C(=O)c2ccccc2C1=O. The minimum absolute atomic E-state index is 0.0541. The van der Waals surface area contributed by atoms with Gasteiger partial charge in [0, 0.05) is 5.56 Å². The molecule has 138 valence electrons. The Morgan fingerprint density at radius 3 is 2.15 bits per heavy atom. The monoisotopic (exact) mass is 368 g/mol. The van der Waals surface area contributed by atoms with E-state index in [2.05, 4.69) is 5.16 Å². The average molecular weight is 368 g/mol. The van der Waals surface area contributed by atoms with Gasteiger partial charge in [0.2, 0.25) is 0 Å². The molecule has 0 atom stereocenters. The zero-order chi connectivity index (χ0) is 19.4. The van der Waals surface area contributed by atoms with E-state index >= 15 is 0 Å². The van der Waals surface area contributed by atoms with Crippen molar-refractivity contribution < 1.29 is 28.8 Å². The summed E-state index contributed by atoms with van der Waals surface area (Å²) in [6.07, 6.45) is 0. The Bertz CT molecular complexity index is 902. The maximum absolute atomic E-state index is 12.4. The number of esters is 1. The standard InChI is InChI=1S/C19H16N2O6/c1-25-19(24)16(20-26-2)13-8-4-3-7-12(13)11-27-21-17(22)14-9-5-6-10-15(14)18(21)23/h3-10H,11H2,1-2H3/b20-16+. The molecule has 0 aliphatic carbocycles. The van der Waals surface area contributed by atoms with Crippen LogP contribution < -0.4 is 0 Å². The molecule has 0 N–H and O–H groups in total. The number of methoxy groups -OCH3 is 1. The molecule has 0 fully saturated rings. The third-order valence-electron chi connectivity index (χ3n) is 3.94. The normalized spacial score (nSPS) is 13.6. The lowest BCUT2D eigenvalue weighted by atomic mass is 10.0. The van der Waals surface area contributed by atoms with Gasteiger partial charge in [-0.2, -0.15) is 0 Å². The van der Waals surface area contributed by atoms with Crippen LogP contribution in [0.5, 0.6) is 0 Å². The first-order valence-electron chi connectivity index (χ1n) is 7.97. The van der Waals surface area contributed by atoms with Gasteiger partial charge in [0.1, 0.15) is 13.7 Å². The highest BCUT2D eigenvalue weighted by atomic mass is 16.7. The fourth-order valence-corrected chi connectivity index (χ4v) is 2.68. The summed E-state index contributed by atoms with van der Waals surface area (Å²) in [5.41, 5.74) is 1.44. The number of carbonyl (C=O) groups is 3. The molecular formula is C19H16N2O6. The van der Waals surface area contributed by atoms with Crippen molar-refractivity contribution in [3.63, 3.8) is 0 Å². The lowest BCUT2D eigenvalue weighted by Gasteiger charge is -2.15. The van der Waals surface area contributed by atoms with E-state index in [0.29, 0.717) is 16.2 Å². The van der Waals surface area contributed by atoms with Gasteiger partial charge in [0.05, 0.1) is 18.2 Å². The Morgan fingerprint density at radius 1 is 0.963 bits per heavy atom. The van der Waals surface area contributed by atoms with Crippen molar-refractivity contribution in [1.82, 2.24) is 5.06 Å². The van der Waals surface area contributed by atoms with Crippen molar-refractivity contribution in [3.8, 4) is 0 Å². The first-order valence-corrected chi connectivity index (χ1v) is 7.97. The Balaban J connectivity index is 1.84. The van der Waals surface area contributed by atoms with Crippen LogP contribution in [-0.4, -0.2) is 42.8 Å². The van der Waals surface area contributed by atoms with E-state index in [9.17, 15) is 14.4 Å². The van der Waals surface area contributed by atoms with E-state index in [1.54, 1.807) is 48.5 Å². The van der Waals surface area contributed by atoms with Crippen LogP contribution in [0.2, 0.25) is 0 Å². The highest BCUT2D eigenvalue weighted by molar-refractivity contribution is 6.43. The van der Waals surface area contributed by atoms with Crippen molar-refractivity contribution in [2.24, 2.45) is 5.16 Å². The highest BCUT2D eigenvalue weighted by Crippen LogP contribution is 2.24. The molecule has 0 saturated carbocycles. The molecule has 27 heavy (non-hydrogen) atoms. The van der Waals surface area contributed by atoms with E-state index in [-0.39, 0.29) is 23.4 Å². The van der Waals surface area contributed by atoms with Crippen LogP contribution in [0.1, 0.15) is 31.8 Å². The van der Waals surface area contributed by atoms with Gasteiger partial charge in [0.15, 0.2) is 5.71 Å². The van der Waals surface area contributed by atoms with Crippen molar-refractivity contribution in [3.05, 3.63) is 70.8 Å². The number of hydroxylamine groups is 2. The summed E-state index contributed by atoms with van der Waals surface area (Å²) in [5, 5.41) is 4.42. The van der Waals surface area contributed by atoms with Crippen molar-refractivity contribution in [1.29, 1.82) is 0 Å². The second kappa shape index (κ2) is 7.79. The number of hydrogen-bond acceptors (Lipinski definition) is 7. The number of ether oxygens (including phenoxy) is 1. The predicted molar refractivity (Wildman–Crippen MR) is 93.7 cm³/mol. The minimum atomic E-state index is -0.690. The molecule has 2 aromatic carbocycles. The van der Waals surface area contributed by atoms with Crippen LogP contribution in [0.3, 0.4) is 0 Å². The van der Waals surface area contributed by atoms with Crippen molar-refractivity contribution in [2.45, 2.75) is 6.61 Å². The topological polar surface area (TPSA) is 94.5 Å². The zero-order valence-electron chi connectivity index (χ0n) is 14.7. The highest BCUT2D eigenvalue weighted by Gasteiger charge is 2.36. The number of rotatable bonds is 6. The Hall–Kier alpha value is -3.52. The smallest absolute Gasteiger partial charge is 0.360 e. The molecule has 1 heterocycles.